The molecule has 5 nitrogen and oxygen atoms in total. The van der Waals surface area contributed by atoms with Gasteiger partial charge in [0.1, 0.15) is 0 Å². The second-order valence-electron chi connectivity index (χ2n) is 5.38. The maximum atomic E-state index is 5.86. The van der Waals surface area contributed by atoms with Gasteiger partial charge >= 0.3 is 0 Å². The summed E-state index contributed by atoms with van der Waals surface area (Å²) in [6, 6.07) is 8.40. The van der Waals surface area contributed by atoms with Gasteiger partial charge in [-0.05, 0) is 37.1 Å². The number of rotatable bonds is 5. The van der Waals surface area contributed by atoms with Crippen molar-refractivity contribution in [2.45, 2.75) is 39.3 Å². The summed E-state index contributed by atoms with van der Waals surface area (Å²) in [5.74, 6) is 0. The SMILES string of the molecule is CCC(CC)n1ccc(Cn2ncc3ccc(N)cc32)n1. The first-order valence-electron chi connectivity index (χ1n) is 7.46. The average molecular weight is 283 g/mol. The van der Waals surface area contributed by atoms with Gasteiger partial charge in [-0.15, -0.1) is 0 Å². The van der Waals surface area contributed by atoms with Gasteiger partial charge in [0.05, 0.1) is 30.0 Å². The molecule has 110 valence electrons. The highest BCUT2D eigenvalue weighted by atomic mass is 15.3. The van der Waals surface area contributed by atoms with Crippen LogP contribution in [0.3, 0.4) is 0 Å². The monoisotopic (exact) mass is 283 g/mol. The number of anilines is 1. The van der Waals surface area contributed by atoms with Crippen LogP contribution in [0.1, 0.15) is 38.4 Å². The van der Waals surface area contributed by atoms with E-state index in [9.17, 15) is 0 Å². The largest absolute Gasteiger partial charge is 0.399 e. The minimum absolute atomic E-state index is 0.476. The number of benzene rings is 1. The van der Waals surface area contributed by atoms with Gasteiger partial charge in [0.25, 0.3) is 0 Å². The zero-order chi connectivity index (χ0) is 14.8. The molecule has 0 aliphatic carbocycles. The lowest BCUT2D eigenvalue weighted by Gasteiger charge is -2.12. The van der Waals surface area contributed by atoms with Crippen LogP contribution >= 0.6 is 0 Å². The minimum atomic E-state index is 0.476. The molecule has 3 aromatic rings. The highest BCUT2D eigenvalue weighted by Crippen LogP contribution is 2.19. The molecular weight excluding hydrogens is 262 g/mol. The lowest BCUT2D eigenvalue weighted by atomic mass is 10.2. The predicted molar refractivity (Wildman–Crippen MR) is 85.1 cm³/mol. The van der Waals surface area contributed by atoms with E-state index in [1.165, 1.54) is 0 Å². The van der Waals surface area contributed by atoms with Gasteiger partial charge in [-0.1, -0.05) is 13.8 Å². The zero-order valence-corrected chi connectivity index (χ0v) is 12.5. The first kappa shape index (κ1) is 13.7. The maximum absolute atomic E-state index is 5.86. The second-order valence-corrected chi connectivity index (χ2v) is 5.38. The van der Waals surface area contributed by atoms with Crippen molar-refractivity contribution in [3.63, 3.8) is 0 Å². The summed E-state index contributed by atoms with van der Waals surface area (Å²) in [5, 5.41) is 10.2. The minimum Gasteiger partial charge on any atom is -0.399 e. The van der Waals surface area contributed by atoms with Crippen LogP contribution in [0, 0.1) is 0 Å². The van der Waals surface area contributed by atoms with Gasteiger partial charge < -0.3 is 5.73 Å². The molecule has 0 atom stereocenters. The van der Waals surface area contributed by atoms with Crippen LogP contribution in [0.4, 0.5) is 5.69 Å². The Morgan fingerprint density at radius 1 is 1.19 bits per heavy atom. The van der Waals surface area contributed by atoms with Crippen molar-refractivity contribution in [2.24, 2.45) is 0 Å². The normalized spacial score (nSPS) is 11.6. The van der Waals surface area contributed by atoms with Crippen molar-refractivity contribution < 1.29 is 0 Å². The molecule has 0 amide bonds. The van der Waals surface area contributed by atoms with E-state index >= 15 is 0 Å². The first-order valence-corrected chi connectivity index (χ1v) is 7.46. The van der Waals surface area contributed by atoms with Crippen molar-refractivity contribution in [1.82, 2.24) is 19.6 Å². The van der Waals surface area contributed by atoms with E-state index in [0.29, 0.717) is 12.6 Å². The van der Waals surface area contributed by atoms with E-state index in [4.69, 9.17) is 5.73 Å². The summed E-state index contributed by atoms with van der Waals surface area (Å²) in [7, 11) is 0. The Labute approximate surface area is 124 Å². The Hall–Kier alpha value is -2.30. The quantitative estimate of drug-likeness (QED) is 0.731. The van der Waals surface area contributed by atoms with Crippen LogP contribution in [-0.2, 0) is 6.54 Å². The molecule has 21 heavy (non-hydrogen) atoms. The summed E-state index contributed by atoms with van der Waals surface area (Å²) in [4.78, 5) is 0. The zero-order valence-electron chi connectivity index (χ0n) is 12.5. The standard InChI is InChI=1S/C16H21N5/c1-3-15(4-2)20-8-7-14(19-20)11-21-16-9-13(17)6-5-12(16)10-18-21/h5-10,15H,3-4,11,17H2,1-2H3. The van der Waals surface area contributed by atoms with Gasteiger partial charge in [-0.3, -0.25) is 9.36 Å². The first-order chi connectivity index (χ1) is 10.2. The molecule has 0 radical (unpaired) electrons. The molecule has 0 aliphatic rings. The molecule has 0 bridgehead atoms. The van der Waals surface area contributed by atoms with Crippen LogP contribution in [0.2, 0.25) is 0 Å². The van der Waals surface area contributed by atoms with Gasteiger partial charge in [-0.2, -0.15) is 10.2 Å². The highest BCUT2D eigenvalue weighted by Gasteiger charge is 2.10. The molecule has 2 heterocycles. The average Bonchev–Trinajstić information content (AvgIpc) is 3.09. The van der Waals surface area contributed by atoms with Gasteiger partial charge in [0.2, 0.25) is 0 Å². The van der Waals surface area contributed by atoms with E-state index in [-0.39, 0.29) is 0 Å². The van der Waals surface area contributed by atoms with Gasteiger partial charge in [0, 0.05) is 17.3 Å². The van der Waals surface area contributed by atoms with E-state index in [0.717, 1.165) is 35.1 Å². The fourth-order valence-corrected chi connectivity index (χ4v) is 2.69. The van der Waals surface area contributed by atoms with Crippen LogP contribution in [0.5, 0.6) is 0 Å². The third kappa shape index (κ3) is 2.63. The summed E-state index contributed by atoms with van der Waals surface area (Å²) in [6.07, 6.45) is 6.12. The molecule has 2 aromatic heterocycles. The van der Waals surface area contributed by atoms with Crippen molar-refractivity contribution in [2.75, 3.05) is 5.73 Å². The number of aromatic nitrogens is 4. The fourth-order valence-electron chi connectivity index (χ4n) is 2.69. The van der Waals surface area contributed by atoms with Crippen LogP contribution in [-0.4, -0.2) is 19.6 Å². The summed E-state index contributed by atoms with van der Waals surface area (Å²) < 4.78 is 4.01. The third-order valence-electron chi connectivity index (χ3n) is 3.96. The molecule has 5 heteroatoms. The third-order valence-corrected chi connectivity index (χ3v) is 3.96. The van der Waals surface area contributed by atoms with E-state index < -0.39 is 0 Å². The smallest absolute Gasteiger partial charge is 0.0857 e. The van der Waals surface area contributed by atoms with Crippen molar-refractivity contribution in [3.8, 4) is 0 Å². The van der Waals surface area contributed by atoms with Gasteiger partial charge in [-0.25, -0.2) is 0 Å². The number of nitrogen functional groups attached to an aromatic ring is 1. The summed E-state index contributed by atoms with van der Waals surface area (Å²) >= 11 is 0. The van der Waals surface area contributed by atoms with E-state index in [2.05, 4.69) is 41.0 Å². The van der Waals surface area contributed by atoms with Crippen molar-refractivity contribution in [1.29, 1.82) is 0 Å². The number of hydrogen-bond acceptors (Lipinski definition) is 3. The number of hydrogen-bond donors (Lipinski definition) is 1. The van der Waals surface area contributed by atoms with E-state index in [1.54, 1.807) is 0 Å². The van der Waals surface area contributed by atoms with Crippen molar-refractivity contribution >= 4 is 16.6 Å². The second kappa shape index (κ2) is 5.60. The molecule has 2 N–H and O–H groups in total. The molecular formula is C16H21N5. The van der Waals surface area contributed by atoms with Gasteiger partial charge in [0.15, 0.2) is 0 Å². The maximum Gasteiger partial charge on any atom is 0.0857 e. The molecule has 0 saturated carbocycles. The number of fused-ring (bicyclic) bond motifs is 1. The Morgan fingerprint density at radius 3 is 2.76 bits per heavy atom. The Bertz CT molecular complexity index is 736. The number of nitrogens with two attached hydrogens (primary N) is 1. The lowest BCUT2D eigenvalue weighted by molar-refractivity contribution is 0.424. The molecule has 0 aliphatic heterocycles. The highest BCUT2D eigenvalue weighted by molar-refractivity contribution is 5.81. The van der Waals surface area contributed by atoms with Crippen LogP contribution in [0.25, 0.3) is 10.9 Å². The summed E-state index contributed by atoms with van der Waals surface area (Å²) in [6.45, 7) is 5.05. The molecule has 0 spiro atoms. The van der Waals surface area contributed by atoms with Crippen LogP contribution < -0.4 is 5.73 Å². The Morgan fingerprint density at radius 2 is 2.00 bits per heavy atom. The molecule has 3 rings (SSSR count). The number of nitrogens with zero attached hydrogens (tertiary/aromatic N) is 4. The Balaban J connectivity index is 1.87. The topological polar surface area (TPSA) is 61.7 Å². The predicted octanol–water partition coefficient (Wildman–Crippen LogP) is 3.22. The fraction of sp³-hybridized carbons (Fsp3) is 0.375. The Kier molecular flexibility index (Phi) is 3.64. The summed E-state index contributed by atoms with van der Waals surface area (Å²) in [5.41, 5.74) is 8.69. The molecule has 0 saturated heterocycles. The molecule has 0 unspecified atom stereocenters. The molecule has 1 aromatic carbocycles. The molecule has 0 fully saturated rings. The van der Waals surface area contributed by atoms with E-state index in [1.807, 2.05) is 29.1 Å². The van der Waals surface area contributed by atoms with Crippen LogP contribution in [0.15, 0.2) is 36.7 Å². The van der Waals surface area contributed by atoms with Crippen molar-refractivity contribution in [3.05, 3.63) is 42.4 Å². The lowest BCUT2D eigenvalue weighted by Crippen LogP contribution is -2.09.